The van der Waals surface area contributed by atoms with Gasteiger partial charge in [-0.1, -0.05) is 5.16 Å². The van der Waals surface area contributed by atoms with Crippen molar-refractivity contribution >= 4 is 17.3 Å². The molecule has 0 spiro atoms. The predicted molar refractivity (Wildman–Crippen MR) is 97.4 cm³/mol. The smallest absolute Gasteiger partial charge is 0.358 e. The molecule has 1 aromatic carbocycles. The van der Waals surface area contributed by atoms with Crippen molar-refractivity contribution < 1.29 is 23.2 Å². The van der Waals surface area contributed by atoms with Crippen LogP contribution in [-0.2, 0) is 11.3 Å². The predicted octanol–water partition coefficient (Wildman–Crippen LogP) is 4.42. The molecule has 0 N–H and O–H groups in total. The molecule has 4 aromatic rings. The van der Waals surface area contributed by atoms with Crippen molar-refractivity contribution in [3.8, 4) is 27.8 Å². The van der Waals surface area contributed by atoms with E-state index in [0.717, 1.165) is 16.3 Å². The van der Waals surface area contributed by atoms with Crippen LogP contribution < -0.4 is 4.74 Å². The van der Waals surface area contributed by atoms with Gasteiger partial charge >= 0.3 is 5.97 Å². The summed E-state index contributed by atoms with van der Waals surface area (Å²) in [5.41, 5.74) is 1.64. The molecular weight excluding hydrogens is 368 g/mol. The topological polar surface area (TPSA) is 87.6 Å². The van der Waals surface area contributed by atoms with E-state index in [4.69, 9.17) is 18.4 Å². The molecule has 0 saturated carbocycles. The highest BCUT2D eigenvalue weighted by Crippen LogP contribution is 2.26. The third kappa shape index (κ3) is 3.75. The third-order valence-electron chi connectivity index (χ3n) is 3.72. The molecular formula is C19H14N2O5S. The van der Waals surface area contributed by atoms with Crippen LogP contribution in [0.3, 0.4) is 0 Å². The van der Waals surface area contributed by atoms with Crippen molar-refractivity contribution in [1.82, 2.24) is 10.1 Å². The van der Waals surface area contributed by atoms with E-state index in [9.17, 15) is 4.79 Å². The van der Waals surface area contributed by atoms with Gasteiger partial charge in [-0.15, -0.1) is 11.3 Å². The highest BCUT2D eigenvalue weighted by molar-refractivity contribution is 7.13. The monoisotopic (exact) mass is 382 g/mol. The Balaban J connectivity index is 1.39. The summed E-state index contributed by atoms with van der Waals surface area (Å²) in [6.07, 6.45) is 1.54. The number of benzene rings is 1. The van der Waals surface area contributed by atoms with Crippen LogP contribution in [0.2, 0.25) is 0 Å². The summed E-state index contributed by atoms with van der Waals surface area (Å²) in [6.45, 7) is -0.0154. The first-order chi connectivity index (χ1) is 13.2. The lowest BCUT2D eigenvalue weighted by molar-refractivity contribution is 0.0458. The van der Waals surface area contributed by atoms with E-state index in [1.54, 1.807) is 37.0 Å². The molecule has 8 heteroatoms. The SMILES string of the molecule is COc1ccc(-c2nc(C(=O)OCc3cc(-c4ccco4)on3)cs2)cc1. The van der Waals surface area contributed by atoms with Crippen LogP contribution in [0.1, 0.15) is 16.2 Å². The second-order valence-corrected chi connectivity index (χ2v) is 6.36. The van der Waals surface area contributed by atoms with Crippen LogP contribution in [0.15, 0.2) is 63.0 Å². The number of hydrogen-bond acceptors (Lipinski definition) is 8. The van der Waals surface area contributed by atoms with Crippen molar-refractivity contribution in [3.63, 3.8) is 0 Å². The average Bonchev–Trinajstić information content (AvgIpc) is 3.47. The standard InChI is InChI=1S/C19H14N2O5S/c1-23-14-6-4-12(5-7-14)18-20-15(11-27-18)19(22)25-10-13-9-17(26-21-13)16-3-2-8-24-16/h2-9,11H,10H2,1H3. The Morgan fingerprint density at radius 3 is 2.78 bits per heavy atom. The molecule has 7 nitrogen and oxygen atoms in total. The number of carbonyl (C=O) groups excluding carboxylic acids is 1. The number of carbonyl (C=O) groups is 1. The Bertz CT molecular complexity index is 1030. The first-order valence-electron chi connectivity index (χ1n) is 7.99. The number of ether oxygens (including phenoxy) is 2. The van der Waals surface area contributed by atoms with Crippen LogP contribution in [0.4, 0.5) is 0 Å². The lowest BCUT2D eigenvalue weighted by Gasteiger charge is -2.00. The molecule has 0 atom stereocenters. The molecule has 4 rings (SSSR count). The molecule has 0 aliphatic carbocycles. The zero-order valence-electron chi connectivity index (χ0n) is 14.2. The maximum absolute atomic E-state index is 12.2. The van der Waals surface area contributed by atoms with Gasteiger partial charge < -0.3 is 18.4 Å². The minimum atomic E-state index is -0.520. The molecule has 136 valence electrons. The van der Waals surface area contributed by atoms with Gasteiger partial charge in [0.1, 0.15) is 23.1 Å². The second-order valence-electron chi connectivity index (χ2n) is 5.50. The normalized spacial score (nSPS) is 10.7. The first kappa shape index (κ1) is 17.0. The Labute approximate surface area is 158 Å². The fourth-order valence-corrected chi connectivity index (χ4v) is 3.16. The minimum Gasteiger partial charge on any atom is -0.497 e. The zero-order chi connectivity index (χ0) is 18.6. The lowest BCUT2D eigenvalue weighted by Crippen LogP contribution is -2.05. The largest absolute Gasteiger partial charge is 0.497 e. The van der Waals surface area contributed by atoms with Crippen LogP contribution in [0.5, 0.6) is 5.75 Å². The molecule has 0 saturated heterocycles. The summed E-state index contributed by atoms with van der Waals surface area (Å²) in [6, 6.07) is 12.6. The molecule has 0 aliphatic rings. The number of nitrogens with zero attached hydrogens (tertiary/aromatic N) is 2. The van der Waals surface area contributed by atoms with Crippen molar-refractivity contribution in [3.05, 3.63) is 65.5 Å². The van der Waals surface area contributed by atoms with E-state index < -0.39 is 5.97 Å². The van der Waals surface area contributed by atoms with E-state index in [0.29, 0.717) is 17.2 Å². The van der Waals surface area contributed by atoms with Crippen molar-refractivity contribution in [1.29, 1.82) is 0 Å². The number of hydrogen-bond donors (Lipinski definition) is 0. The Hall–Kier alpha value is -3.39. The molecule has 0 amide bonds. The van der Waals surface area contributed by atoms with E-state index >= 15 is 0 Å². The molecule has 0 aliphatic heterocycles. The fraction of sp³-hybridized carbons (Fsp3) is 0.105. The van der Waals surface area contributed by atoms with Crippen molar-refractivity contribution in [2.45, 2.75) is 6.61 Å². The summed E-state index contributed by atoms with van der Waals surface area (Å²) in [7, 11) is 1.61. The van der Waals surface area contributed by atoms with Crippen molar-refractivity contribution in [2.75, 3.05) is 7.11 Å². The molecule has 3 heterocycles. The maximum Gasteiger partial charge on any atom is 0.358 e. The first-order valence-corrected chi connectivity index (χ1v) is 8.87. The van der Waals surface area contributed by atoms with E-state index in [1.165, 1.54) is 11.3 Å². The number of rotatable bonds is 6. The number of thiazole rings is 1. The Kier molecular flexibility index (Phi) is 4.71. The molecule has 27 heavy (non-hydrogen) atoms. The second kappa shape index (κ2) is 7.46. The molecule has 0 bridgehead atoms. The number of aromatic nitrogens is 2. The van der Waals surface area contributed by atoms with Gasteiger partial charge in [-0.2, -0.15) is 0 Å². The van der Waals surface area contributed by atoms with Crippen LogP contribution in [0, 0.1) is 0 Å². The van der Waals surface area contributed by atoms with Gasteiger partial charge in [-0.3, -0.25) is 0 Å². The summed E-state index contributed by atoms with van der Waals surface area (Å²) in [4.78, 5) is 16.6. The maximum atomic E-state index is 12.2. The van der Waals surface area contributed by atoms with E-state index in [1.807, 2.05) is 24.3 Å². The Morgan fingerprint density at radius 2 is 2.04 bits per heavy atom. The number of methoxy groups -OCH3 is 1. The highest BCUT2D eigenvalue weighted by Gasteiger charge is 2.15. The van der Waals surface area contributed by atoms with Crippen LogP contribution in [0.25, 0.3) is 22.1 Å². The van der Waals surface area contributed by atoms with Gasteiger partial charge in [0.25, 0.3) is 0 Å². The lowest BCUT2D eigenvalue weighted by atomic mass is 10.2. The van der Waals surface area contributed by atoms with Crippen LogP contribution in [-0.4, -0.2) is 23.2 Å². The molecule has 0 unspecified atom stereocenters. The van der Waals surface area contributed by atoms with Gasteiger partial charge in [0.05, 0.1) is 13.4 Å². The Morgan fingerprint density at radius 1 is 1.19 bits per heavy atom. The molecule has 0 radical (unpaired) electrons. The van der Waals surface area contributed by atoms with E-state index in [2.05, 4.69) is 10.1 Å². The summed E-state index contributed by atoms with van der Waals surface area (Å²) >= 11 is 1.37. The average molecular weight is 382 g/mol. The van der Waals surface area contributed by atoms with Gasteiger partial charge in [0.15, 0.2) is 11.5 Å². The van der Waals surface area contributed by atoms with Crippen molar-refractivity contribution in [2.24, 2.45) is 0 Å². The van der Waals surface area contributed by atoms with Gasteiger partial charge in [0.2, 0.25) is 5.76 Å². The quantitative estimate of drug-likeness (QED) is 0.456. The van der Waals surface area contributed by atoms with Crippen LogP contribution >= 0.6 is 11.3 Å². The summed E-state index contributed by atoms with van der Waals surface area (Å²) in [5.74, 6) is 1.27. The van der Waals surface area contributed by atoms with Gasteiger partial charge in [-0.25, -0.2) is 9.78 Å². The molecule has 0 fully saturated rings. The zero-order valence-corrected chi connectivity index (χ0v) is 15.1. The van der Waals surface area contributed by atoms with E-state index in [-0.39, 0.29) is 12.3 Å². The minimum absolute atomic E-state index is 0.0154. The summed E-state index contributed by atoms with van der Waals surface area (Å²) < 4.78 is 20.8. The number of esters is 1. The third-order valence-corrected chi connectivity index (χ3v) is 4.62. The van der Waals surface area contributed by atoms with Gasteiger partial charge in [0, 0.05) is 17.0 Å². The van der Waals surface area contributed by atoms with Gasteiger partial charge in [-0.05, 0) is 36.4 Å². The number of furan rings is 1. The summed E-state index contributed by atoms with van der Waals surface area (Å²) in [5, 5.41) is 6.26. The fourth-order valence-electron chi connectivity index (χ4n) is 2.36. The highest BCUT2D eigenvalue weighted by atomic mass is 32.1. The molecule has 3 aromatic heterocycles.